The number of ether oxygens (including phenoxy) is 1. The van der Waals surface area contributed by atoms with Crippen LogP contribution >= 0.6 is 0 Å². The highest BCUT2D eigenvalue weighted by molar-refractivity contribution is 5.81. The molecule has 2 atom stereocenters. The summed E-state index contributed by atoms with van der Waals surface area (Å²) >= 11 is 0. The van der Waals surface area contributed by atoms with E-state index < -0.39 is 23.9 Å². The maximum Gasteiger partial charge on any atom is 0.262 e. The number of amides is 1. The van der Waals surface area contributed by atoms with Gasteiger partial charge in [0.25, 0.3) is 5.91 Å². The van der Waals surface area contributed by atoms with Gasteiger partial charge in [-0.25, -0.2) is 4.39 Å². The number of hydrogen-bond donors (Lipinski definition) is 1. The van der Waals surface area contributed by atoms with Crippen LogP contribution in [-0.4, -0.2) is 12.0 Å². The molecule has 0 bridgehead atoms. The Morgan fingerprint density at radius 3 is 2.57 bits per heavy atom. The fourth-order valence-electron chi connectivity index (χ4n) is 2.05. The van der Waals surface area contributed by atoms with Gasteiger partial charge in [0, 0.05) is 0 Å². The van der Waals surface area contributed by atoms with Gasteiger partial charge in [0.15, 0.2) is 6.10 Å². The van der Waals surface area contributed by atoms with Gasteiger partial charge in [-0.2, -0.15) is 5.26 Å². The number of nitriles is 1. The van der Waals surface area contributed by atoms with Crippen LogP contribution in [0.3, 0.4) is 0 Å². The Labute approximate surface area is 134 Å². The van der Waals surface area contributed by atoms with Crippen molar-refractivity contribution in [2.75, 3.05) is 0 Å². The van der Waals surface area contributed by atoms with E-state index >= 15 is 0 Å². The Bertz CT molecular complexity index is 723. The third kappa shape index (κ3) is 4.55. The lowest BCUT2D eigenvalue weighted by atomic mass is 10.1. The zero-order valence-corrected chi connectivity index (χ0v) is 12.9. The number of carbonyl (C=O) groups excluding carboxylic acids is 1. The lowest BCUT2D eigenvalue weighted by Crippen LogP contribution is -2.38. The zero-order valence-electron chi connectivity index (χ0n) is 12.9. The molecule has 23 heavy (non-hydrogen) atoms. The van der Waals surface area contributed by atoms with E-state index in [1.165, 1.54) is 24.3 Å². The van der Waals surface area contributed by atoms with Gasteiger partial charge in [-0.1, -0.05) is 24.3 Å². The quantitative estimate of drug-likeness (QED) is 0.921. The Morgan fingerprint density at radius 1 is 1.26 bits per heavy atom. The Hall–Kier alpha value is -2.87. The van der Waals surface area contributed by atoms with Crippen molar-refractivity contribution in [1.82, 2.24) is 5.32 Å². The van der Waals surface area contributed by atoms with Crippen LogP contribution in [0.5, 0.6) is 5.75 Å². The van der Waals surface area contributed by atoms with Gasteiger partial charge in [0.2, 0.25) is 0 Å². The standard InChI is InChI=1S/C18H17FN2O2/c1-12-4-3-5-16(10-12)23-13(2)18(22)21-17(11-20)14-6-8-15(19)9-7-14/h3-10,13,17H,1-2H3,(H,21,22)/t13-,17-/m0/s1. The first-order valence-corrected chi connectivity index (χ1v) is 7.18. The summed E-state index contributed by atoms with van der Waals surface area (Å²) in [5.74, 6) is -0.224. The summed E-state index contributed by atoms with van der Waals surface area (Å²) < 4.78 is 18.5. The average Bonchev–Trinajstić information content (AvgIpc) is 2.53. The number of nitrogens with zero attached hydrogens (tertiary/aromatic N) is 1. The highest BCUT2D eigenvalue weighted by atomic mass is 19.1. The molecule has 2 aromatic carbocycles. The molecule has 0 aliphatic heterocycles. The number of benzene rings is 2. The van der Waals surface area contributed by atoms with Crippen LogP contribution in [0.1, 0.15) is 24.1 Å². The summed E-state index contributed by atoms with van der Waals surface area (Å²) in [7, 11) is 0. The van der Waals surface area contributed by atoms with Crippen molar-refractivity contribution in [1.29, 1.82) is 5.26 Å². The van der Waals surface area contributed by atoms with Crippen molar-refractivity contribution in [2.45, 2.75) is 26.0 Å². The third-order valence-electron chi connectivity index (χ3n) is 3.29. The molecule has 0 unspecified atom stereocenters. The second-order valence-electron chi connectivity index (χ2n) is 5.20. The van der Waals surface area contributed by atoms with Crippen molar-refractivity contribution >= 4 is 5.91 Å². The Balaban J connectivity index is 2.01. The maximum atomic E-state index is 12.9. The fraction of sp³-hybridized carbons (Fsp3) is 0.222. The lowest BCUT2D eigenvalue weighted by Gasteiger charge is -2.17. The molecule has 2 aromatic rings. The van der Waals surface area contributed by atoms with E-state index in [1.807, 2.05) is 31.2 Å². The molecule has 1 N–H and O–H groups in total. The summed E-state index contributed by atoms with van der Waals surface area (Å²) in [6, 6.07) is 13.9. The van der Waals surface area contributed by atoms with Crippen molar-refractivity contribution < 1.29 is 13.9 Å². The predicted octanol–water partition coefficient (Wildman–Crippen LogP) is 3.28. The number of nitrogens with one attached hydrogen (secondary N) is 1. The summed E-state index contributed by atoms with van der Waals surface area (Å²) in [6.07, 6.45) is -0.756. The molecule has 0 fully saturated rings. The van der Waals surface area contributed by atoms with Crippen molar-refractivity contribution in [3.05, 3.63) is 65.5 Å². The summed E-state index contributed by atoms with van der Waals surface area (Å²) in [5.41, 5.74) is 1.54. The summed E-state index contributed by atoms with van der Waals surface area (Å²) in [5, 5.41) is 11.8. The first-order chi connectivity index (χ1) is 11.0. The fourth-order valence-corrected chi connectivity index (χ4v) is 2.05. The van der Waals surface area contributed by atoms with Crippen molar-refractivity contribution in [3.8, 4) is 11.8 Å². The molecule has 2 rings (SSSR count). The molecule has 0 aliphatic rings. The smallest absolute Gasteiger partial charge is 0.262 e. The van der Waals surface area contributed by atoms with E-state index in [-0.39, 0.29) is 0 Å². The van der Waals surface area contributed by atoms with Crippen LogP contribution < -0.4 is 10.1 Å². The second-order valence-corrected chi connectivity index (χ2v) is 5.20. The molecule has 0 radical (unpaired) electrons. The maximum absolute atomic E-state index is 12.9. The molecular weight excluding hydrogens is 295 g/mol. The largest absolute Gasteiger partial charge is 0.481 e. The van der Waals surface area contributed by atoms with Crippen molar-refractivity contribution in [3.63, 3.8) is 0 Å². The van der Waals surface area contributed by atoms with Gasteiger partial charge < -0.3 is 10.1 Å². The molecule has 0 aromatic heterocycles. The predicted molar refractivity (Wildman–Crippen MR) is 84.2 cm³/mol. The van der Waals surface area contributed by atoms with Gasteiger partial charge in [-0.3, -0.25) is 4.79 Å². The highest BCUT2D eigenvalue weighted by Crippen LogP contribution is 2.16. The van der Waals surface area contributed by atoms with Gasteiger partial charge in [0.05, 0.1) is 6.07 Å². The summed E-state index contributed by atoms with van der Waals surface area (Å²) in [6.45, 7) is 3.54. The van der Waals surface area contributed by atoms with E-state index in [0.29, 0.717) is 11.3 Å². The lowest BCUT2D eigenvalue weighted by molar-refractivity contribution is -0.127. The first-order valence-electron chi connectivity index (χ1n) is 7.18. The minimum absolute atomic E-state index is 0.395. The number of hydrogen-bond acceptors (Lipinski definition) is 3. The summed E-state index contributed by atoms with van der Waals surface area (Å²) in [4.78, 5) is 12.2. The molecule has 0 spiro atoms. The SMILES string of the molecule is Cc1cccc(O[C@@H](C)C(=O)N[C@@H](C#N)c2ccc(F)cc2)c1. The van der Waals surface area contributed by atoms with Crippen molar-refractivity contribution in [2.24, 2.45) is 0 Å². The number of rotatable bonds is 5. The van der Waals surface area contributed by atoms with E-state index in [1.54, 1.807) is 13.0 Å². The molecule has 0 saturated carbocycles. The zero-order chi connectivity index (χ0) is 16.8. The number of carbonyl (C=O) groups is 1. The molecule has 118 valence electrons. The highest BCUT2D eigenvalue weighted by Gasteiger charge is 2.20. The molecule has 0 saturated heterocycles. The van der Waals surface area contributed by atoms with E-state index in [4.69, 9.17) is 4.74 Å². The second kappa shape index (κ2) is 7.41. The van der Waals surface area contributed by atoms with Crippen LogP contribution in [0.2, 0.25) is 0 Å². The van der Waals surface area contributed by atoms with Gasteiger partial charge in [-0.15, -0.1) is 0 Å². The van der Waals surface area contributed by atoms with Gasteiger partial charge in [-0.05, 0) is 49.2 Å². The van der Waals surface area contributed by atoms with E-state index in [0.717, 1.165) is 5.56 Å². The minimum atomic E-state index is -0.855. The molecule has 0 aliphatic carbocycles. The molecule has 0 heterocycles. The van der Waals surface area contributed by atoms with Crippen LogP contribution in [-0.2, 0) is 4.79 Å². The minimum Gasteiger partial charge on any atom is -0.481 e. The van der Waals surface area contributed by atoms with Crippen LogP contribution in [0.15, 0.2) is 48.5 Å². The van der Waals surface area contributed by atoms with Crippen LogP contribution in [0, 0.1) is 24.1 Å². The van der Waals surface area contributed by atoms with E-state index in [9.17, 15) is 14.4 Å². The number of aryl methyl sites for hydroxylation is 1. The first kappa shape index (κ1) is 16.5. The Morgan fingerprint density at radius 2 is 1.96 bits per heavy atom. The van der Waals surface area contributed by atoms with Crippen LogP contribution in [0.25, 0.3) is 0 Å². The molecular formula is C18H17FN2O2. The Kier molecular flexibility index (Phi) is 5.32. The number of halogens is 1. The molecule has 5 heteroatoms. The molecule has 4 nitrogen and oxygen atoms in total. The normalized spacial score (nSPS) is 12.8. The topological polar surface area (TPSA) is 62.1 Å². The monoisotopic (exact) mass is 312 g/mol. The third-order valence-corrected chi connectivity index (χ3v) is 3.29. The average molecular weight is 312 g/mol. The van der Waals surface area contributed by atoms with Gasteiger partial charge >= 0.3 is 0 Å². The van der Waals surface area contributed by atoms with Gasteiger partial charge in [0.1, 0.15) is 17.6 Å². The van der Waals surface area contributed by atoms with Crippen LogP contribution in [0.4, 0.5) is 4.39 Å². The van der Waals surface area contributed by atoms with E-state index in [2.05, 4.69) is 5.32 Å². The molecule has 1 amide bonds.